The molecule has 0 radical (unpaired) electrons. The van der Waals surface area contributed by atoms with E-state index in [1.54, 1.807) is 36.4 Å². The van der Waals surface area contributed by atoms with E-state index in [4.69, 9.17) is 32.7 Å². The molecule has 0 saturated carbocycles. The molecule has 2 aromatic rings. The largest absolute Gasteiger partial charge is 0.497 e. The van der Waals surface area contributed by atoms with Gasteiger partial charge in [0.2, 0.25) is 10.0 Å². The van der Waals surface area contributed by atoms with Crippen molar-refractivity contribution in [3.63, 3.8) is 0 Å². The summed E-state index contributed by atoms with van der Waals surface area (Å²) in [4.78, 5) is 0. The van der Waals surface area contributed by atoms with Gasteiger partial charge in [-0.15, -0.1) is 0 Å². The lowest BCUT2D eigenvalue weighted by Gasteiger charge is -2.25. The first-order valence-corrected chi connectivity index (χ1v) is 9.50. The van der Waals surface area contributed by atoms with Gasteiger partial charge in [0, 0.05) is 16.1 Å². The molecule has 0 spiro atoms. The van der Waals surface area contributed by atoms with Gasteiger partial charge in [0.05, 0.1) is 32.7 Å². The number of sulfonamides is 1. The number of halogens is 2. The fourth-order valence-corrected chi connectivity index (χ4v) is 3.52. The van der Waals surface area contributed by atoms with Crippen molar-refractivity contribution >= 4 is 38.9 Å². The maximum absolute atomic E-state index is 12.3. The minimum atomic E-state index is -3.59. The molecule has 0 fully saturated rings. The van der Waals surface area contributed by atoms with Gasteiger partial charge in [-0.1, -0.05) is 29.3 Å². The molecule has 2 rings (SSSR count). The number of hydrogen-bond donors (Lipinski definition) is 0. The fraction of sp³-hybridized carbons (Fsp3) is 0.250. The third-order valence-corrected chi connectivity index (χ3v) is 5.10. The summed E-state index contributed by atoms with van der Waals surface area (Å²) in [6.45, 7) is 0.0400. The number of anilines is 1. The molecule has 2 aromatic carbocycles. The Hall–Kier alpha value is -1.63. The second kappa shape index (κ2) is 7.51. The van der Waals surface area contributed by atoms with Gasteiger partial charge in [-0.05, 0) is 29.8 Å². The van der Waals surface area contributed by atoms with Gasteiger partial charge in [0.1, 0.15) is 11.5 Å². The normalized spacial score (nSPS) is 11.2. The predicted molar refractivity (Wildman–Crippen MR) is 97.0 cm³/mol. The number of rotatable bonds is 6. The Labute approximate surface area is 151 Å². The first-order chi connectivity index (χ1) is 11.3. The topological polar surface area (TPSA) is 55.8 Å². The SMILES string of the molecule is COc1ccc(OC)c(N(Cc2ccc(Cl)cc2Cl)S(C)(=O)=O)c1. The summed E-state index contributed by atoms with van der Waals surface area (Å²) in [5, 5.41) is 0.867. The molecular formula is C16H17Cl2NO4S. The quantitative estimate of drug-likeness (QED) is 0.749. The van der Waals surface area contributed by atoms with E-state index >= 15 is 0 Å². The number of benzene rings is 2. The summed E-state index contributed by atoms with van der Waals surface area (Å²) < 4.78 is 36.4. The molecule has 0 bridgehead atoms. The molecule has 0 N–H and O–H groups in total. The molecule has 0 aliphatic rings. The first-order valence-electron chi connectivity index (χ1n) is 6.90. The molecule has 24 heavy (non-hydrogen) atoms. The molecule has 0 aliphatic carbocycles. The molecule has 130 valence electrons. The van der Waals surface area contributed by atoms with E-state index in [0.717, 1.165) is 6.26 Å². The van der Waals surface area contributed by atoms with Gasteiger partial charge >= 0.3 is 0 Å². The van der Waals surface area contributed by atoms with Crippen LogP contribution in [0.5, 0.6) is 11.5 Å². The first kappa shape index (κ1) is 18.7. The number of hydrogen-bond acceptors (Lipinski definition) is 4. The van der Waals surface area contributed by atoms with E-state index in [9.17, 15) is 8.42 Å². The molecule has 5 nitrogen and oxygen atoms in total. The van der Waals surface area contributed by atoms with Crippen LogP contribution in [0.25, 0.3) is 0 Å². The van der Waals surface area contributed by atoms with Gasteiger partial charge in [0.25, 0.3) is 0 Å². The van der Waals surface area contributed by atoms with E-state index in [2.05, 4.69) is 0 Å². The molecule has 0 saturated heterocycles. The molecule has 0 unspecified atom stereocenters. The molecule has 8 heteroatoms. The summed E-state index contributed by atoms with van der Waals surface area (Å²) >= 11 is 12.1. The van der Waals surface area contributed by atoms with Crippen molar-refractivity contribution in [2.75, 3.05) is 24.8 Å². The predicted octanol–water partition coefficient (Wildman–Crippen LogP) is 3.98. The van der Waals surface area contributed by atoms with Crippen LogP contribution in [0, 0.1) is 0 Å². The molecule has 0 aromatic heterocycles. The molecular weight excluding hydrogens is 373 g/mol. The lowest BCUT2D eigenvalue weighted by Crippen LogP contribution is -2.29. The van der Waals surface area contributed by atoms with Crippen molar-refractivity contribution in [3.05, 3.63) is 52.0 Å². The van der Waals surface area contributed by atoms with Gasteiger partial charge in [-0.3, -0.25) is 4.31 Å². The Morgan fingerprint density at radius 2 is 1.75 bits per heavy atom. The highest BCUT2D eigenvalue weighted by atomic mass is 35.5. The molecule has 0 heterocycles. The Bertz CT molecular complexity index is 840. The van der Waals surface area contributed by atoms with Crippen LogP contribution < -0.4 is 13.8 Å². The minimum Gasteiger partial charge on any atom is -0.497 e. The average Bonchev–Trinajstić information content (AvgIpc) is 2.52. The number of methoxy groups -OCH3 is 2. The molecule has 0 amide bonds. The zero-order valence-electron chi connectivity index (χ0n) is 13.4. The van der Waals surface area contributed by atoms with E-state index < -0.39 is 10.0 Å². The van der Waals surface area contributed by atoms with Crippen LogP contribution in [0.1, 0.15) is 5.56 Å². The van der Waals surface area contributed by atoms with Crippen molar-refractivity contribution in [2.24, 2.45) is 0 Å². The fourth-order valence-electron chi connectivity index (χ4n) is 2.18. The van der Waals surface area contributed by atoms with Crippen molar-refractivity contribution in [1.29, 1.82) is 0 Å². The second-order valence-electron chi connectivity index (χ2n) is 5.04. The Balaban J connectivity index is 2.54. The van der Waals surface area contributed by atoms with Gasteiger partial charge in [-0.25, -0.2) is 8.42 Å². The number of nitrogens with zero attached hydrogens (tertiary/aromatic N) is 1. The minimum absolute atomic E-state index is 0.0400. The Kier molecular flexibility index (Phi) is 5.85. The van der Waals surface area contributed by atoms with Crippen LogP contribution in [-0.2, 0) is 16.6 Å². The zero-order valence-corrected chi connectivity index (χ0v) is 15.7. The highest BCUT2D eigenvalue weighted by Gasteiger charge is 2.23. The van der Waals surface area contributed by atoms with E-state index in [-0.39, 0.29) is 6.54 Å². The van der Waals surface area contributed by atoms with Crippen LogP contribution in [0.2, 0.25) is 10.0 Å². The highest BCUT2D eigenvalue weighted by molar-refractivity contribution is 7.92. The van der Waals surface area contributed by atoms with Gasteiger partial charge in [0.15, 0.2) is 0 Å². The average molecular weight is 390 g/mol. The van der Waals surface area contributed by atoms with Gasteiger partial charge < -0.3 is 9.47 Å². The number of ether oxygens (including phenoxy) is 2. The summed E-state index contributed by atoms with van der Waals surface area (Å²) in [5.74, 6) is 0.924. The summed E-state index contributed by atoms with van der Waals surface area (Å²) in [6, 6.07) is 9.86. The summed E-state index contributed by atoms with van der Waals surface area (Å²) in [7, 11) is -0.615. The van der Waals surface area contributed by atoms with Crippen LogP contribution in [0.4, 0.5) is 5.69 Å². The smallest absolute Gasteiger partial charge is 0.232 e. The summed E-state index contributed by atoms with van der Waals surface area (Å²) in [6.07, 6.45) is 1.12. The zero-order chi connectivity index (χ0) is 17.9. The van der Waals surface area contributed by atoms with E-state index in [0.29, 0.717) is 32.8 Å². The van der Waals surface area contributed by atoms with Crippen LogP contribution >= 0.6 is 23.2 Å². The van der Waals surface area contributed by atoms with E-state index in [1.165, 1.54) is 18.5 Å². The molecule has 0 atom stereocenters. The second-order valence-corrected chi connectivity index (χ2v) is 7.79. The van der Waals surface area contributed by atoms with Crippen LogP contribution in [0.3, 0.4) is 0 Å². The third kappa shape index (κ3) is 4.26. The maximum atomic E-state index is 12.3. The van der Waals surface area contributed by atoms with Gasteiger partial charge in [-0.2, -0.15) is 0 Å². The van der Waals surface area contributed by atoms with Crippen molar-refractivity contribution in [1.82, 2.24) is 0 Å². The third-order valence-electron chi connectivity index (χ3n) is 3.38. The van der Waals surface area contributed by atoms with Crippen LogP contribution in [0.15, 0.2) is 36.4 Å². The Morgan fingerprint density at radius 3 is 2.29 bits per heavy atom. The highest BCUT2D eigenvalue weighted by Crippen LogP contribution is 2.35. The Morgan fingerprint density at radius 1 is 1.04 bits per heavy atom. The van der Waals surface area contributed by atoms with Crippen LogP contribution in [-0.4, -0.2) is 28.9 Å². The lowest BCUT2D eigenvalue weighted by atomic mass is 10.2. The van der Waals surface area contributed by atoms with E-state index in [1.807, 2.05) is 0 Å². The maximum Gasteiger partial charge on any atom is 0.232 e. The van der Waals surface area contributed by atoms with Crippen molar-refractivity contribution < 1.29 is 17.9 Å². The standard InChI is InChI=1S/C16H17Cl2NO4S/c1-22-13-6-7-16(23-2)15(9-13)19(24(3,20)21)10-11-4-5-12(17)8-14(11)18/h4-9H,10H2,1-3H3. The molecule has 0 aliphatic heterocycles. The monoisotopic (exact) mass is 389 g/mol. The van der Waals surface area contributed by atoms with Crippen molar-refractivity contribution in [2.45, 2.75) is 6.54 Å². The van der Waals surface area contributed by atoms with Crippen molar-refractivity contribution in [3.8, 4) is 11.5 Å². The summed E-state index contributed by atoms with van der Waals surface area (Å²) in [5.41, 5.74) is 0.988. The lowest BCUT2D eigenvalue weighted by molar-refractivity contribution is 0.403.